The molecule has 2 aliphatic rings. The fourth-order valence-corrected chi connectivity index (χ4v) is 3.84. The number of rotatable bonds is 6. The molecule has 0 radical (unpaired) electrons. The SMILES string of the molecule is CCNC(=NCc1ccc(N2CCCC2=O)cc1)NC1CC1c1ccccc1F.I. The summed E-state index contributed by atoms with van der Waals surface area (Å²) in [4.78, 5) is 18.4. The first kappa shape index (κ1) is 22.5. The van der Waals surface area contributed by atoms with Gasteiger partial charge in [-0.15, -0.1) is 24.0 Å². The van der Waals surface area contributed by atoms with E-state index in [4.69, 9.17) is 0 Å². The zero-order valence-electron chi connectivity index (χ0n) is 17.1. The molecule has 1 amide bonds. The molecule has 5 nitrogen and oxygen atoms in total. The highest BCUT2D eigenvalue weighted by Gasteiger charge is 2.40. The van der Waals surface area contributed by atoms with Gasteiger partial charge in [-0.1, -0.05) is 30.3 Å². The largest absolute Gasteiger partial charge is 0.357 e. The van der Waals surface area contributed by atoms with Crippen LogP contribution in [0.5, 0.6) is 0 Å². The minimum atomic E-state index is -0.139. The minimum absolute atomic E-state index is 0. The standard InChI is InChI=1S/C23H27FN4O.HI/c1-2-25-23(27-21-14-19(21)18-6-3-4-7-20(18)24)26-15-16-9-11-17(12-10-16)28-13-5-8-22(28)29;/h3-4,6-7,9-12,19,21H,2,5,8,13-15H2,1H3,(H2,25,26,27);1H. The molecule has 0 bridgehead atoms. The van der Waals surface area contributed by atoms with E-state index in [1.165, 1.54) is 6.07 Å². The fourth-order valence-electron chi connectivity index (χ4n) is 3.84. The van der Waals surface area contributed by atoms with Gasteiger partial charge < -0.3 is 15.5 Å². The lowest BCUT2D eigenvalue weighted by molar-refractivity contribution is -0.117. The van der Waals surface area contributed by atoms with Crippen molar-refractivity contribution in [1.29, 1.82) is 0 Å². The third-order valence-electron chi connectivity index (χ3n) is 5.50. The fraction of sp³-hybridized carbons (Fsp3) is 0.391. The van der Waals surface area contributed by atoms with E-state index in [1.54, 1.807) is 6.07 Å². The Hall–Kier alpha value is -2.16. The van der Waals surface area contributed by atoms with Crippen molar-refractivity contribution in [2.75, 3.05) is 18.0 Å². The molecule has 2 N–H and O–H groups in total. The third kappa shape index (κ3) is 5.30. The number of amides is 1. The summed E-state index contributed by atoms with van der Waals surface area (Å²) >= 11 is 0. The summed E-state index contributed by atoms with van der Waals surface area (Å²) in [7, 11) is 0. The molecular formula is C23H28FIN4O. The minimum Gasteiger partial charge on any atom is -0.357 e. The highest BCUT2D eigenvalue weighted by molar-refractivity contribution is 14.0. The van der Waals surface area contributed by atoms with Gasteiger partial charge in [0.25, 0.3) is 0 Å². The van der Waals surface area contributed by atoms with Crippen molar-refractivity contribution in [1.82, 2.24) is 10.6 Å². The first-order chi connectivity index (χ1) is 14.2. The molecule has 0 aromatic heterocycles. The number of carbonyl (C=O) groups excluding carboxylic acids is 1. The maximum Gasteiger partial charge on any atom is 0.227 e. The molecule has 2 aromatic rings. The number of hydrogen-bond acceptors (Lipinski definition) is 2. The maximum absolute atomic E-state index is 14.0. The summed E-state index contributed by atoms with van der Waals surface area (Å²) in [6.45, 7) is 4.13. The zero-order valence-corrected chi connectivity index (χ0v) is 19.4. The second kappa shape index (κ2) is 10.2. The Bertz CT molecular complexity index is 902. The molecule has 4 rings (SSSR count). The number of benzene rings is 2. The molecule has 2 atom stereocenters. The van der Waals surface area contributed by atoms with Crippen LogP contribution in [0.25, 0.3) is 0 Å². The Morgan fingerprint density at radius 2 is 1.97 bits per heavy atom. The lowest BCUT2D eigenvalue weighted by Gasteiger charge is -2.16. The molecule has 1 saturated heterocycles. The van der Waals surface area contributed by atoms with E-state index in [1.807, 2.05) is 48.2 Å². The summed E-state index contributed by atoms with van der Waals surface area (Å²) in [5, 5.41) is 6.68. The smallest absolute Gasteiger partial charge is 0.227 e. The van der Waals surface area contributed by atoms with Crippen molar-refractivity contribution >= 4 is 41.5 Å². The topological polar surface area (TPSA) is 56.7 Å². The number of nitrogens with zero attached hydrogens (tertiary/aromatic N) is 2. The number of anilines is 1. The number of hydrogen-bond donors (Lipinski definition) is 2. The van der Waals surface area contributed by atoms with Crippen LogP contribution < -0.4 is 15.5 Å². The number of carbonyl (C=O) groups is 1. The molecule has 1 heterocycles. The van der Waals surface area contributed by atoms with E-state index in [0.29, 0.717) is 13.0 Å². The molecular weight excluding hydrogens is 494 g/mol. The van der Waals surface area contributed by atoms with Crippen LogP contribution in [-0.2, 0) is 11.3 Å². The Labute approximate surface area is 194 Å². The Balaban J connectivity index is 0.00000256. The summed E-state index contributed by atoms with van der Waals surface area (Å²) in [5.41, 5.74) is 2.81. The molecule has 1 aliphatic carbocycles. The van der Waals surface area contributed by atoms with Gasteiger partial charge in [0, 0.05) is 37.2 Å². The Morgan fingerprint density at radius 1 is 1.20 bits per heavy atom. The lowest BCUT2D eigenvalue weighted by Crippen LogP contribution is -2.39. The molecule has 2 aromatic carbocycles. The van der Waals surface area contributed by atoms with Crippen molar-refractivity contribution in [3.8, 4) is 0 Å². The first-order valence-corrected chi connectivity index (χ1v) is 10.3. The Morgan fingerprint density at radius 3 is 2.63 bits per heavy atom. The lowest BCUT2D eigenvalue weighted by atomic mass is 10.1. The zero-order chi connectivity index (χ0) is 20.2. The van der Waals surface area contributed by atoms with Gasteiger partial charge in [-0.05, 0) is 49.1 Å². The van der Waals surface area contributed by atoms with Gasteiger partial charge in [0.2, 0.25) is 5.91 Å². The maximum atomic E-state index is 14.0. The molecule has 7 heteroatoms. The number of nitrogens with one attached hydrogen (secondary N) is 2. The van der Waals surface area contributed by atoms with Crippen molar-refractivity contribution in [3.63, 3.8) is 0 Å². The van der Waals surface area contributed by atoms with E-state index in [0.717, 1.165) is 48.7 Å². The van der Waals surface area contributed by atoms with E-state index >= 15 is 0 Å². The molecule has 30 heavy (non-hydrogen) atoms. The third-order valence-corrected chi connectivity index (χ3v) is 5.50. The predicted molar refractivity (Wildman–Crippen MR) is 129 cm³/mol. The highest BCUT2D eigenvalue weighted by Crippen LogP contribution is 2.41. The molecule has 2 fully saturated rings. The van der Waals surface area contributed by atoms with Gasteiger partial charge in [0.05, 0.1) is 6.54 Å². The van der Waals surface area contributed by atoms with Crippen molar-refractivity contribution in [2.45, 2.75) is 44.7 Å². The van der Waals surface area contributed by atoms with E-state index in [2.05, 4.69) is 15.6 Å². The van der Waals surface area contributed by atoms with Gasteiger partial charge in [-0.25, -0.2) is 9.38 Å². The van der Waals surface area contributed by atoms with Crippen molar-refractivity contribution < 1.29 is 9.18 Å². The molecule has 0 spiro atoms. The van der Waals surface area contributed by atoms with Gasteiger partial charge in [-0.3, -0.25) is 4.79 Å². The number of halogens is 2. The van der Waals surface area contributed by atoms with Gasteiger partial charge in [0.1, 0.15) is 5.82 Å². The van der Waals surface area contributed by atoms with Crippen LogP contribution in [0.1, 0.15) is 43.2 Å². The van der Waals surface area contributed by atoms with Crippen molar-refractivity contribution in [3.05, 3.63) is 65.5 Å². The van der Waals surface area contributed by atoms with Crippen LogP contribution in [-0.4, -0.2) is 31.0 Å². The number of guanidine groups is 1. The van der Waals surface area contributed by atoms with Crippen LogP contribution >= 0.6 is 24.0 Å². The van der Waals surface area contributed by atoms with Crippen molar-refractivity contribution in [2.24, 2.45) is 4.99 Å². The van der Waals surface area contributed by atoms with Crippen LogP contribution in [0, 0.1) is 5.82 Å². The molecule has 1 saturated carbocycles. The second-order valence-electron chi connectivity index (χ2n) is 7.63. The normalized spacial score (nSPS) is 20.7. The second-order valence-corrected chi connectivity index (χ2v) is 7.63. The monoisotopic (exact) mass is 522 g/mol. The average Bonchev–Trinajstić information content (AvgIpc) is 3.35. The predicted octanol–water partition coefficient (Wildman–Crippen LogP) is 4.18. The van der Waals surface area contributed by atoms with Crippen LogP contribution in [0.15, 0.2) is 53.5 Å². The molecule has 160 valence electrons. The quantitative estimate of drug-likeness (QED) is 0.340. The average molecular weight is 522 g/mol. The molecule has 1 aliphatic heterocycles. The van der Waals surface area contributed by atoms with E-state index < -0.39 is 0 Å². The summed E-state index contributed by atoms with van der Waals surface area (Å²) in [6, 6.07) is 15.2. The van der Waals surface area contributed by atoms with Crippen LogP contribution in [0.3, 0.4) is 0 Å². The van der Waals surface area contributed by atoms with Crippen LogP contribution in [0.4, 0.5) is 10.1 Å². The Kier molecular flexibility index (Phi) is 7.69. The summed E-state index contributed by atoms with van der Waals surface area (Å²) in [5.74, 6) is 0.996. The van der Waals surface area contributed by atoms with Gasteiger partial charge in [-0.2, -0.15) is 0 Å². The summed E-state index contributed by atoms with van der Waals surface area (Å²) in [6.07, 6.45) is 2.47. The summed E-state index contributed by atoms with van der Waals surface area (Å²) < 4.78 is 14.0. The van der Waals surface area contributed by atoms with Gasteiger partial charge in [0.15, 0.2) is 5.96 Å². The van der Waals surface area contributed by atoms with E-state index in [-0.39, 0.29) is 47.7 Å². The first-order valence-electron chi connectivity index (χ1n) is 10.3. The number of aliphatic imine (C=N–C) groups is 1. The van der Waals surface area contributed by atoms with Gasteiger partial charge >= 0.3 is 0 Å². The molecule has 2 unspecified atom stereocenters. The van der Waals surface area contributed by atoms with Crippen LogP contribution in [0.2, 0.25) is 0 Å². The highest BCUT2D eigenvalue weighted by atomic mass is 127. The van der Waals surface area contributed by atoms with E-state index in [9.17, 15) is 9.18 Å².